The molecule has 1 unspecified atom stereocenters. The van der Waals surface area contributed by atoms with Gasteiger partial charge in [0.1, 0.15) is 28.8 Å². The van der Waals surface area contributed by atoms with Gasteiger partial charge in [-0.15, -0.1) is 0 Å². The van der Waals surface area contributed by atoms with Gasteiger partial charge < -0.3 is 10.5 Å². The van der Waals surface area contributed by atoms with Crippen LogP contribution in [-0.4, -0.2) is 53.0 Å². The third-order valence-corrected chi connectivity index (χ3v) is 8.06. The van der Waals surface area contributed by atoms with Gasteiger partial charge in [0.15, 0.2) is 15.6 Å². The number of ether oxygens (including phenoxy) is 1. The van der Waals surface area contributed by atoms with E-state index in [1.54, 1.807) is 6.92 Å². The Balaban J connectivity index is 1.80. The van der Waals surface area contributed by atoms with Gasteiger partial charge in [0.2, 0.25) is 5.91 Å². The first-order valence-corrected chi connectivity index (χ1v) is 12.3. The maximum Gasteiger partial charge on any atom is 0.387 e. The predicted molar refractivity (Wildman–Crippen MR) is 119 cm³/mol. The summed E-state index contributed by atoms with van der Waals surface area (Å²) in [6, 6.07) is 3.38. The van der Waals surface area contributed by atoms with Gasteiger partial charge in [-0.1, -0.05) is 6.92 Å². The molecule has 1 atom stereocenters. The number of rotatable bonds is 8. The number of ketones is 1. The standard InChI is InChI=1S/C22H21F3N4O5S/c1-11(20(26)31)29-16-5-12(17(30)7-22(2)9-35(32,33)10-22)8-27-19(16)18(28-29)14-6-13(34-21(24)25)3-4-15(14)23/h3-6,8,11,21H,7,9-10H2,1-2H3,(H2,26,31). The molecule has 3 aromatic rings. The smallest absolute Gasteiger partial charge is 0.387 e. The molecule has 3 heterocycles. The van der Waals surface area contributed by atoms with Gasteiger partial charge >= 0.3 is 6.61 Å². The van der Waals surface area contributed by atoms with Crippen molar-refractivity contribution in [2.75, 3.05) is 11.5 Å². The van der Waals surface area contributed by atoms with Crippen LogP contribution in [0, 0.1) is 11.2 Å². The molecular weight excluding hydrogens is 489 g/mol. The SMILES string of the molecule is CC(C(N)=O)n1nc(-c2cc(OC(F)F)ccc2F)c2ncc(C(=O)CC3(C)CS(=O)(=O)C3)cc21. The minimum atomic E-state index is -3.15. The topological polar surface area (TPSA) is 134 Å². The number of aromatic nitrogens is 3. The van der Waals surface area contributed by atoms with Crippen LogP contribution in [0.5, 0.6) is 5.75 Å². The average molecular weight is 510 g/mol. The number of nitrogens with zero attached hydrogens (tertiary/aromatic N) is 3. The van der Waals surface area contributed by atoms with Crippen molar-refractivity contribution < 1.29 is 35.9 Å². The zero-order chi connectivity index (χ0) is 25.7. The van der Waals surface area contributed by atoms with Crippen LogP contribution in [0.15, 0.2) is 30.5 Å². The Hall–Kier alpha value is -3.48. The number of alkyl halides is 2. The van der Waals surface area contributed by atoms with E-state index in [2.05, 4.69) is 14.8 Å². The summed E-state index contributed by atoms with van der Waals surface area (Å²) in [5, 5.41) is 4.26. The number of halogens is 3. The van der Waals surface area contributed by atoms with E-state index in [0.717, 1.165) is 18.2 Å². The van der Waals surface area contributed by atoms with Crippen molar-refractivity contribution in [1.29, 1.82) is 0 Å². The van der Waals surface area contributed by atoms with E-state index < -0.39 is 39.6 Å². The normalized spacial score (nSPS) is 17.2. The third-order valence-electron chi connectivity index (χ3n) is 5.79. The maximum atomic E-state index is 14.7. The first-order chi connectivity index (χ1) is 16.3. The van der Waals surface area contributed by atoms with Gasteiger partial charge in [-0.2, -0.15) is 13.9 Å². The Morgan fingerprint density at radius 3 is 2.54 bits per heavy atom. The lowest BCUT2D eigenvalue weighted by Crippen LogP contribution is -2.47. The molecule has 2 N–H and O–H groups in total. The summed E-state index contributed by atoms with van der Waals surface area (Å²) in [5.74, 6) is -2.43. The van der Waals surface area contributed by atoms with Crippen LogP contribution in [-0.2, 0) is 14.6 Å². The van der Waals surface area contributed by atoms with Crippen molar-refractivity contribution in [2.45, 2.75) is 32.9 Å². The van der Waals surface area contributed by atoms with Gasteiger partial charge in [-0.3, -0.25) is 19.3 Å². The fourth-order valence-corrected chi connectivity index (χ4v) is 6.49. The Kier molecular flexibility index (Phi) is 6.07. The van der Waals surface area contributed by atoms with Gasteiger partial charge in [0.25, 0.3) is 0 Å². The molecule has 0 radical (unpaired) electrons. The fourth-order valence-electron chi connectivity index (χ4n) is 4.24. The lowest BCUT2D eigenvalue weighted by Gasteiger charge is -2.37. The fraction of sp³-hybridized carbons (Fsp3) is 0.364. The summed E-state index contributed by atoms with van der Waals surface area (Å²) in [5.41, 5.74) is 4.88. The highest BCUT2D eigenvalue weighted by Gasteiger charge is 2.45. The molecule has 1 aliphatic rings. The lowest BCUT2D eigenvalue weighted by molar-refractivity contribution is -0.120. The van der Waals surface area contributed by atoms with Gasteiger partial charge in [0, 0.05) is 29.2 Å². The number of nitrogens with two attached hydrogens (primary N) is 1. The van der Waals surface area contributed by atoms with E-state index in [-0.39, 0.29) is 57.3 Å². The van der Waals surface area contributed by atoms with Crippen LogP contribution < -0.4 is 10.5 Å². The molecule has 35 heavy (non-hydrogen) atoms. The molecule has 1 fully saturated rings. The second-order valence-corrected chi connectivity index (χ2v) is 11.0. The number of Topliss-reactive ketones (excluding diaryl/α,β-unsaturated/α-hetero) is 1. The van der Waals surface area contributed by atoms with Crippen LogP contribution in [0.3, 0.4) is 0 Å². The van der Waals surface area contributed by atoms with Gasteiger partial charge in [-0.05, 0) is 31.2 Å². The minimum Gasteiger partial charge on any atom is -0.435 e. The molecule has 0 bridgehead atoms. The number of fused-ring (bicyclic) bond motifs is 1. The summed E-state index contributed by atoms with van der Waals surface area (Å²) in [4.78, 5) is 29.0. The highest BCUT2D eigenvalue weighted by atomic mass is 32.2. The van der Waals surface area contributed by atoms with Crippen molar-refractivity contribution in [1.82, 2.24) is 14.8 Å². The molecule has 13 heteroatoms. The molecule has 2 aromatic heterocycles. The Morgan fingerprint density at radius 2 is 1.94 bits per heavy atom. The Bertz CT molecular complexity index is 1440. The monoisotopic (exact) mass is 510 g/mol. The maximum absolute atomic E-state index is 14.7. The molecule has 186 valence electrons. The molecule has 1 amide bonds. The molecule has 1 saturated heterocycles. The van der Waals surface area contributed by atoms with Crippen molar-refractivity contribution >= 4 is 32.6 Å². The van der Waals surface area contributed by atoms with E-state index in [1.165, 1.54) is 23.9 Å². The lowest BCUT2D eigenvalue weighted by atomic mass is 9.86. The number of sulfone groups is 1. The van der Waals surface area contributed by atoms with E-state index in [1.807, 2.05) is 0 Å². The molecule has 1 aliphatic heterocycles. The molecule has 9 nitrogen and oxygen atoms in total. The van der Waals surface area contributed by atoms with Crippen molar-refractivity contribution in [3.8, 4) is 17.0 Å². The number of carbonyl (C=O) groups is 2. The number of primary amides is 1. The number of benzene rings is 1. The molecular formula is C22H21F3N4O5S. The molecule has 0 aliphatic carbocycles. The van der Waals surface area contributed by atoms with E-state index >= 15 is 0 Å². The Morgan fingerprint density at radius 1 is 1.26 bits per heavy atom. The van der Waals surface area contributed by atoms with Crippen LogP contribution in [0.25, 0.3) is 22.3 Å². The van der Waals surface area contributed by atoms with E-state index in [4.69, 9.17) is 5.73 Å². The summed E-state index contributed by atoms with van der Waals surface area (Å²) >= 11 is 0. The number of pyridine rings is 1. The average Bonchev–Trinajstić information content (AvgIpc) is 3.11. The second-order valence-electron chi connectivity index (χ2n) is 8.93. The minimum absolute atomic E-state index is 0.0343. The number of hydrogen-bond donors (Lipinski definition) is 1. The first-order valence-electron chi connectivity index (χ1n) is 10.4. The van der Waals surface area contributed by atoms with Crippen LogP contribution in [0.1, 0.15) is 36.7 Å². The second kappa shape index (κ2) is 8.63. The summed E-state index contributed by atoms with van der Waals surface area (Å²) in [6.45, 7) is 0.0174. The van der Waals surface area contributed by atoms with E-state index in [0.29, 0.717) is 0 Å². The highest BCUT2D eigenvalue weighted by molar-refractivity contribution is 7.92. The number of amides is 1. The zero-order valence-corrected chi connectivity index (χ0v) is 19.5. The van der Waals surface area contributed by atoms with Crippen molar-refractivity contribution in [3.63, 3.8) is 0 Å². The number of carbonyl (C=O) groups excluding carboxylic acids is 2. The van der Waals surface area contributed by atoms with Crippen LogP contribution in [0.4, 0.5) is 13.2 Å². The number of hydrogen-bond acceptors (Lipinski definition) is 7. The quantitative estimate of drug-likeness (QED) is 0.461. The van der Waals surface area contributed by atoms with E-state index in [9.17, 15) is 31.2 Å². The highest BCUT2D eigenvalue weighted by Crippen LogP contribution is 2.37. The molecule has 0 saturated carbocycles. The van der Waals surface area contributed by atoms with Gasteiger partial charge in [-0.25, -0.2) is 12.8 Å². The van der Waals surface area contributed by atoms with Crippen LogP contribution in [0.2, 0.25) is 0 Å². The summed E-state index contributed by atoms with van der Waals surface area (Å²) in [7, 11) is -3.15. The first kappa shape index (κ1) is 24.6. The third kappa shape index (κ3) is 4.85. The largest absolute Gasteiger partial charge is 0.435 e. The predicted octanol–water partition coefficient (Wildman–Crippen LogP) is 2.89. The summed E-state index contributed by atoms with van der Waals surface area (Å²) in [6.07, 6.45) is 1.20. The molecule has 1 aromatic carbocycles. The van der Waals surface area contributed by atoms with Crippen molar-refractivity contribution in [3.05, 3.63) is 41.8 Å². The summed E-state index contributed by atoms with van der Waals surface area (Å²) < 4.78 is 68.6. The molecule has 0 spiro atoms. The molecule has 4 rings (SSSR count). The van der Waals surface area contributed by atoms with Crippen molar-refractivity contribution in [2.24, 2.45) is 11.1 Å². The van der Waals surface area contributed by atoms with Crippen LogP contribution >= 0.6 is 0 Å². The Labute approximate surface area is 198 Å². The zero-order valence-electron chi connectivity index (χ0n) is 18.7. The van der Waals surface area contributed by atoms with Gasteiger partial charge in [0.05, 0.1) is 17.0 Å².